The van der Waals surface area contributed by atoms with Gasteiger partial charge in [0.1, 0.15) is 5.17 Å². The lowest BCUT2D eigenvalue weighted by Gasteiger charge is -2.01. The average Bonchev–Trinajstić information content (AvgIpc) is 1.96. The van der Waals surface area contributed by atoms with Crippen LogP contribution in [-0.4, -0.2) is 10.3 Å². The smallest absolute Gasteiger partial charge is 0.175 e. The van der Waals surface area contributed by atoms with Gasteiger partial charge in [-0.05, 0) is 12.1 Å². The summed E-state index contributed by atoms with van der Waals surface area (Å²) in [5, 5.41) is 15.5. The minimum atomic E-state index is -0.877. The van der Waals surface area contributed by atoms with Gasteiger partial charge in [-0.15, -0.1) is 0 Å². The molecule has 0 fully saturated rings. The molecule has 0 saturated heterocycles. The molecule has 2 N–H and O–H groups in total. The molecule has 1 rings (SSSR count). The van der Waals surface area contributed by atoms with E-state index in [1.165, 1.54) is 12.1 Å². The Morgan fingerprint density at radius 1 is 1.58 bits per heavy atom. The predicted octanol–water partition coefficient (Wildman–Crippen LogP) is 2.86. The maximum absolute atomic E-state index is 12.9. The Morgan fingerprint density at radius 2 is 2.17 bits per heavy atom. The second-order valence-electron chi connectivity index (χ2n) is 2.10. The number of phenolic OH excluding ortho intramolecular Hbond substituents is 1. The first-order valence-electron chi connectivity index (χ1n) is 2.95. The lowest BCUT2D eigenvalue weighted by Crippen LogP contribution is -1.94. The lowest BCUT2D eigenvalue weighted by molar-refractivity contribution is 0.431. The molecule has 64 valence electrons. The molecule has 0 radical (unpaired) electrons. The van der Waals surface area contributed by atoms with Crippen LogP contribution in [0.3, 0.4) is 0 Å². The Morgan fingerprint density at radius 3 is 2.67 bits per heavy atom. The number of hydrogen-bond donors (Lipinski definition) is 2. The van der Waals surface area contributed by atoms with E-state index >= 15 is 0 Å². The molecule has 0 saturated carbocycles. The quantitative estimate of drug-likeness (QED) is 0.742. The molecule has 1 aromatic carbocycles. The second-order valence-corrected chi connectivity index (χ2v) is 3.39. The molecule has 0 atom stereocenters. The van der Waals surface area contributed by atoms with Crippen LogP contribution in [0.2, 0.25) is 0 Å². The van der Waals surface area contributed by atoms with Crippen LogP contribution in [0.4, 0.5) is 4.39 Å². The fraction of sp³-hybridized carbons (Fsp3) is 0. The molecular formula is C7H4BrClFNO. The third kappa shape index (κ3) is 1.76. The normalized spacial score (nSPS) is 9.92. The fourth-order valence-electron chi connectivity index (χ4n) is 0.735. The summed E-state index contributed by atoms with van der Waals surface area (Å²) in [7, 11) is 0. The molecule has 1 aromatic rings. The van der Waals surface area contributed by atoms with Gasteiger partial charge in [-0.25, -0.2) is 4.39 Å². The molecule has 0 aliphatic rings. The van der Waals surface area contributed by atoms with Crippen LogP contribution in [0.1, 0.15) is 5.56 Å². The van der Waals surface area contributed by atoms with Crippen molar-refractivity contribution in [3.63, 3.8) is 0 Å². The molecule has 0 heterocycles. The first-order valence-corrected chi connectivity index (χ1v) is 4.12. The van der Waals surface area contributed by atoms with Crippen LogP contribution in [0.25, 0.3) is 0 Å². The summed E-state index contributed by atoms with van der Waals surface area (Å²) in [6.07, 6.45) is 0. The Hall–Kier alpha value is -0.610. The Labute approximate surface area is 81.6 Å². The monoisotopic (exact) mass is 251 g/mol. The van der Waals surface area contributed by atoms with Crippen molar-refractivity contribution in [2.45, 2.75) is 0 Å². The van der Waals surface area contributed by atoms with Gasteiger partial charge in [-0.1, -0.05) is 27.5 Å². The minimum Gasteiger partial charge on any atom is -0.505 e. The van der Waals surface area contributed by atoms with Crippen LogP contribution < -0.4 is 0 Å². The van der Waals surface area contributed by atoms with Crippen LogP contribution in [0.5, 0.6) is 5.75 Å². The molecule has 2 nitrogen and oxygen atoms in total. The molecule has 12 heavy (non-hydrogen) atoms. The molecule has 0 bridgehead atoms. The molecule has 0 unspecified atom stereocenters. The van der Waals surface area contributed by atoms with E-state index < -0.39 is 16.7 Å². The van der Waals surface area contributed by atoms with E-state index in [1.807, 2.05) is 0 Å². The van der Waals surface area contributed by atoms with E-state index in [4.69, 9.17) is 22.1 Å². The molecule has 0 spiro atoms. The van der Waals surface area contributed by atoms with E-state index in [9.17, 15) is 4.39 Å². The van der Waals surface area contributed by atoms with Gasteiger partial charge in [0.15, 0.2) is 11.6 Å². The van der Waals surface area contributed by atoms with Crippen molar-refractivity contribution in [3.8, 4) is 5.75 Å². The number of halogens is 3. The van der Waals surface area contributed by atoms with Gasteiger partial charge in [0.2, 0.25) is 0 Å². The summed E-state index contributed by atoms with van der Waals surface area (Å²) in [6, 6.07) is 2.52. The Balaban J connectivity index is 3.37. The van der Waals surface area contributed by atoms with Crippen molar-refractivity contribution < 1.29 is 9.50 Å². The number of rotatable bonds is 1. The minimum absolute atomic E-state index is 0.122. The standard InChI is InChI=1S/C7H4BrClFNO/c8-3-1-4(7(9)11)6(10)5(12)2-3/h1-2,11-12H. The lowest BCUT2D eigenvalue weighted by atomic mass is 10.2. The number of hydrogen-bond acceptors (Lipinski definition) is 2. The average molecular weight is 252 g/mol. The summed E-state index contributed by atoms with van der Waals surface area (Å²) >= 11 is 8.30. The van der Waals surface area contributed by atoms with Gasteiger partial charge in [-0.3, -0.25) is 5.41 Å². The first kappa shape index (κ1) is 9.48. The van der Waals surface area contributed by atoms with Crippen molar-refractivity contribution in [2.24, 2.45) is 0 Å². The summed E-state index contributed by atoms with van der Waals surface area (Å²) in [5.41, 5.74) is -0.122. The number of benzene rings is 1. The van der Waals surface area contributed by atoms with Crippen molar-refractivity contribution >= 4 is 32.7 Å². The van der Waals surface area contributed by atoms with Gasteiger partial charge in [0, 0.05) is 4.47 Å². The highest BCUT2D eigenvalue weighted by molar-refractivity contribution is 9.10. The van der Waals surface area contributed by atoms with Gasteiger partial charge in [-0.2, -0.15) is 0 Å². The molecule has 5 heteroatoms. The summed E-state index contributed by atoms with van der Waals surface area (Å²) in [5.74, 6) is -1.40. The zero-order chi connectivity index (χ0) is 9.30. The number of aromatic hydroxyl groups is 1. The molecule has 0 aliphatic carbocycles. The summed E-state index contributed by atoms with van der Waals surface area (Å²) in [6.45, 7) is 0. The van der Waals surface area contributed by atoms with Crippen LogP contribution in [0, 0.1) is 11.2 Å². The van der Waals surface area contributed by atoms with Crippen LogP contribution in [0.15, 0.2) is 16.6 Å². The highest BCUT2D eigenvalue weighted by atomic mass is 79.9. The number of phenols is 1. The third-order valence-corrected chi connectivity index (χ3v) is 1.92. The summed E-state index contributed by atoms with van der Waals surface area (Å²) in [4.78, 5) is 0. The highest BCUT2D eigenvalue weighted by Crippen LogP contribution is 2.25. The van der Waals surface area contributed by atoms with Crippen molar-refractivity contribution in [1.82, 2.24) is 0 Å². The van der Waals surface area contributed by atoms with Crippen molar-refractivity contribution in [2.75, 3.05) is 0 Å². The van der Waals surface area contributed by atoms with E-state index in [1.54, 1.807) is 0 Å². The van der Waals surface area contributed by atoms with Gasteiger partial charge in [0.25, 0.3) is 0 Å². The van der Waals surface area contributed by atoms with E-state index in [0.29, 0.717) is 4.47 Å². The topological polar surface area (TPSA) is 44.1 Å². The van der Waals surface area contributed by atoms with Gasteiger partial charge in [0.05, 0.1) is 5.56 Å². The highest BCUT2D eigenvalue weighted by Gasteiger charge is 2.11. The van der Waals surface area contributed by atoms with E-state index in [0.717, 1.165) is 0 Å². The van der Waals surface area contributed by atoms with Crippen molar-refractivity contribution in [3.05, 3.63) is 28.0 Å². The number of nitrogens with one attached hydrogen (secondary N) is 1. The molecule has 0 aromatic heterocycles. The van der Waals surface area contributed by atoms with Gasteiger partial charge < -0.3 is 5.11 Å². The third-order valence-electron chi connectivity index (χ3n) is 1.25. The van der Waals surface area contributed by atoms with E-state index in [-0.39, 0.29) is 5.56 Å². The molecule has 0 aliphatic heterocycles. The predicted molar refractivity (Wildman–Crippen MR) is 48.4 cm³/mol. The first-order chi connectivity index (χ1) is 5.52. The van der Waals surface area contributed by atoms with E-state index in [2.05, 4.69) is 15.9 Å². The SMILES string of the molecule is N=C(Cl)c1cc(Br)cc(O)c1F. The zero-order valence-corrected chi connectivity index (χ0v) is 8.08. The van der Waals surface area contributed by atoms with Gasteiger partial charge >= 0.3 is 0 Å². The van der Waals surface area contributed by atoms with Crippen LogP contribution >= 0.6 is 27.5 Å². The summed E-state index contributed by atoms with van der Waals surface area (Å²) < 4.78 is 13.4. The Bertz CT molecular complexity index is 342. The van der Waals surface area contributed by atoms with Crippen molar-refractivity contribution in [1.29, 1.82) is 5.41 Å². The molecule has 0 amide bonds. The maximum Gasteiger partial charge on any atom is 0.175 e. The molecular weight excluding hydrogens is 248 g/mol. The largest absolute Gasteiger partial charge is 0.505 e. The second kappa shape index (κ2) is 3.41. The zero-order valence-electron chi connectivity index (χ0n) is 5.74. The van der Waals surface area contributed by atoms with Crippen LogP contribution in [-0.2, 0) is 0 Å². The Kier molecular flexibility index (Phi) is 2.69. The maximum atomic E-state index is 12.9. The fourth-order valence-corrected chi connectivity index (χ4v) is 1.32.